The largest absolute Gasteiger partial charge is 0.322 e. The molecule has 2 amide bonds. The average Bonchev–Trinajstić information content (AvgIpc) is 3.13. The standard InChI is InChI=1S/C22H19N3O4S/c26-21(16-4-3-5-18(14-16)25(28)29)23-17-9-7-15(8-10-17)22(27)24-12-2-1-6-20-19(24)11-13-30-20/h3-5,7-11,13-14H,1-2,6,12H2,(H,23,26). The second-order valence-electron chi connectivity index (χ2n) is 6.98. The number of non-ortho nitro benzene ring substituents is 1. The minimum atomic E-state index is -0.543. The maximum atomic E-state index is 13.0. The Bertz CT molecular complexity index is 1110. The Morgan fingerprint density at radius 1 is 1.03 bits per heavy atom. The zero-order valence-corrected chi connectivity index (χ0v) is 16.9. The molecule has 0 fully saturated rings. The predicted molar refractivity (Wildman–Crippen MR) is 116 cm³/mol. The van der Waals surface area contributed by atoms with E-state index < -0.39 is 10.8 Å². The predicted octanol–water partition coefficient (Wildman–Crippen LogP) is 4.89. The van der Waals surface area contributed by atoms with Gasteiger partial charge in [0.15, 0.2) is 0 Å². The van der Waals surface area contributed by atoms with Gasteiger partial charge in [-0.05, 0) is 61.0 Å². The minimum Gasteiger partial charge on any atom is -0.322 e. The normalized spacial score (nSPS) is 13.3. The minimum absolute atomic E-state index is 0.0619. The van der Waals surface area contributed by atoms with Crippen LogP contribution < -0.4 is 10.2 Å². The van der Waals surface area contributed by atoms with Gasteiger partial charge in [-0.2, -0.15) is 0 Å². The lowest BCUT2D eigenvalue weighted by Crippen LogP contribution is -2.31. The van der Waals surface area contributed by atoms with Crippen molar-refractivity contribution in [1.82, 2.24) is 0 Å². The molecule has 2 heterocycles. The van der Waals surface area contributed by atoms with Gasteiger partial charge < -0.3 is 10.2 Å². The first-order valence-electron chi connectivity index (χ1n) is 9.57. The molecule has 152 valence electrons. The Morgan fingerprint density at radius 3 is 2.60 bits per heavy atom. The highest BCUT2D eigenvalue weighted by Gasteiger charge is 2.23. The van der Waals surface area contributed by atoms with Crippen molar-refractivity contribution < 1.29 is 14.5 Å². The van der Waals surface area contributed by atoms with Gasteiger partial charge >= 0.3 is 0 Å². The number of nitrogens with one attached hydrogen (secondary N) is 1. The van der Waals surface area contributed by atoms with Crippen molar-refractivity contribution in [3.8, 4) is 0 Å². The summed E-state index contributed by atoms with van der Waals surface area (Å²) < 4.78 is 0. The van der Waals surface area contributed by atoms with Gasteiger partial charge in [0, 0.05) is 40.4 Å². The van der Waals surface area contributed by atoms with Crippen LogP contribution in [0.5, 0.6) is 0 Å². The molecular weight excluding hydrogens is 402 g/mol. The fourth-order valence-electron chi connectivity index (χ4n) is 3.46. The molecule has 8 heteroatoms. The average molecular weight is 421 g/mol. The lowest BCUT2D eigenvalue weighted by Gasteiger charge is -2.21. The summed E-state index contributed by atoms with van der Waals surface area (Å²) in [5.74, 6) is -0.513. The van der Waals surface area contributed by atoms with Crippen molar-refractivity contribution >= 4 is 40.2 Å². The highest BCUT2D eigenvalue weighted by atomic mass is 32.1. The van der Waals surface area contributed by atoms with Gasteiger partial charge in [-0.1, -0.05) is 6.07 Å². The third kappa shape index (κ3) is 4.08. The van der Waals surface area contributed by atoms with E-state index in [1.54, 1.807) is 35.6 Å². The van der Waals surface area contributed by atoms with Crippen molar-refractivity contribution in [3.05, 3.63) is 86.1 Å². The summed E-state index contributed by atoms with van der Waals surface area (Å²) in [7, 11) is 0. The number of hydrogen-bond donors (Lipinski definition) is 1. The number of amides is 2. The Kier molecular flexibility index (Phi) is 5.58. The van der Waals surface area contributed by atoms with E-state index in [0.29, 0.717) is 17.8 Å². The van der Waals surface area contributed by atoms with Crippen LogP contribution in [0.15, 0.2) is 60.0 Å². The molecule has 0 aliphatic carbocycles. The number of carbonyl (C=O) groups excluding carboxylic acids is 2. The molecule has 0 saturated heterocycles. The van der Waals surface area contributed by atoms with Gasteiger partial charge in [-0.15, -0.1) is 11.3 Å². The molecule has 1 aliphatic heterocycles. The molecule has 4 rings (SSSR count). The van der Waals surface area contributed by atoms with Gasteiger partial charge in [0.05, 0.1) is 10.6 Å². The Balaban J connectivity index is 1.48. The highest BCUT2D eigenvalue weighted by molar-refractivity contribution is 7.10. The number of thiophene rings is 1. The molecule has 0 radical (unpaired) electrons. The molecule has 0 atom stereocenters. The van der Waals surface area contributed by atoms with Crippen LogP contribution in [-0.2, 0) is 6.42 Å². The third-order valence-corrected chi connectivity index (χ3v) is 5.97. The van der Waals surface area contributed by atoms with Gasteiger partial charge in [0.2, 0.25) is 0 Å². The first-order chi connectivity index (χ1) is 14.5. The van der Waals surface area contributed by atoms with Crippen molar-refractivity contribution in [2.45, 2.75) is 19.3 Å². The van der Waals surface area contributed by atoms with Crippen LogP contribution in [0, 0.1) is 10.1 Å². The van der Waals surface area contributed by atoms with Gasteiger partial charge in [-0.25, -0.2) is 0 Å². The summed E-state index contributed by atoms with van der Waals surface area (Å²) in [6.07, 6.45) is 3.03. The summed E-state index contributed by atoms with van der Waals surface area (Å²) in [6.45, 7) is 0.688. The van der Waals surface area contributed by atoms with Crippen molar-refractivity contribution in [3.63, 3.8) is 0 Å². The number of rotatable bonds is 4. The van der Waals surface area contributed by atoms with E-state index in [1.807, 2.05) is 16.3 Å². The van der Waals surface area contributed by atoms with E-state index in [4.69, 9.17) is 0 Å². The second kappa shape index (κ2) is 8.46. The molecular formula is C22H19N3O4S. The van der Waals surface area contributed by atoms with Gasteiger partial charge in [0.25, 0.3) is 17.5 Å². The topological polar surface area (TPSA) is 92.6 Å². The molecule has 0 unspecified atom stereocenters. The SMILES string of the molecule is O=C(Nc1ccc(C(=O)N2CCCCc3sccc32)cc1)c1cccc([N+](=O)[O-])c1. The van der Waals surface area contributed by atoms with Gasteiger partial charge in [-0.3, -0.25) is 19.7 Å². The Morgan fingerprint density at radius 2 is 1.83 bits per heavy atom. The monoisotopic (exact) mass is 421 g/mol. The molecule has 0 saturated carbocycles. The molecule has 1 aliphatic rings. The molecule has 1 N–H and O–H groups in total. The van der Waals surface area contributed by atoms with Crippen molar-refractivity contribution in [2.75, 3.05) is 16.8 Å². The van der Waals surface area contributed by atoms with Crippen LogP contribution in [-0.4, -0.2) is 23.3 Å². The summed E-state index contributed by atoms with van der Waals surface area (Å²) in [5, 5.41) is 15.6. The second-order valence-corrected chi connectivity index (χ2v) is 7.98. The van der Waals surface area contributed by atoms with Crippen LogP contribution in [0.1, 0.15) is 38.4 Å². The number of anilines is 2. The van der Waals surface area contributed by atoms with Crippen LogP contribution in [0.4, 0.5) is 17.1 Å². The first kappa shape index (κ1) is 19.8. The van der Waals surface area contributed by atoms with Crippen LogP contribution in [0.2, 0.25) is 0 Å². The number of aryl methyl sites for hydroxylation is 1. The van der Waals surface area contributed by atoms with Crippen LogP contribution >= 0.6 is 11.3 Å². The number of nitro benzene ring substituents is 1. The maximum absolute atomic E-state index is 13.0. The number of carbonyl (C=O) groups is 2. The number of hydrogen-bond acceptors (Lipinski definition) is 5. The van der Waals surface area contributed by atoms with Crippen LogP contribution in [0.3, 0.4) is 0 Å². The van der Waals surface area contributed by atoms with E-state index in [2.05, 4.69) is 5.32 Å². The summed E-state index contributed by atoms with van der Waals surface area (Å²) in [6, 6.07) is 14.2. The number of benzene rings is 2. The fourth-order valence-corrected chi connectivity index (χ4v) is 4.39. The van der Waals surface area contributed by atoms with E-state index in [9.17, 15) is 19.7 Å². The third-order valence-electron chi connectivity index (χ3n) is 5.00. The maximum Gasteiger partial charge on any atom is 0.270 e. The highest BCUT2D eigenvalue weighted by Crippen LogP contribution is 2.32. The van der Waals surface area contributed by atoms with Gasteiger partial charge in [0.1, 0.15) is 0 Å². The molecule has 0 spiro atoms. The fraction of sp³-hybridized carbons (Fsp3) is 0.182. The van der Waals surface area contributed by atoms with E-state index in [1.165, 1.54) is 29.1 Å². The molecule has 7 nitrogen and oxygen atoms in total. The number of nitro groups is 1. The summed E-state index contributed by atoms with van der Waals surface area (Å²) in [5.41, 5.74) is 2.09. The molecule has 0 bridgehead atoms. The molecule has 30 heavy (non-hydrogen) atoms. The van der Waals surface area contributed by atoms with Crippen LogP contribution in [0.25, 0.3) is 0 Å². The zero-order valence-electron chi connectivity index (χ0n) is 16.0. The first-order valence-corrected chi connectivity index (χ1v) is 10.4. The smallest absolute Gasteiger partial charge is 0.270 e. The van der Waals surface area contributed by atoms with E-state index in [-0.39, 0.29) is 17.2 Å². The molecule has 2 aromatic carbocycles. The Hall–Kier alpha value is -3.52. The number of nitrogens with zero attached hydrogens (tertiary/aromatic N) is 2. The molecule has 3 aromatic rings. The zero-order chi connectivity index (χ0) is 21.1. The lowest BCUT2D eigenvalue weighted by molar-refractivity contribution is -0.384. The number of fused-ring (bicyclic) bond motifs is 1. The summed E-state index contributed by atoms with van der Waals surface area (Å²) in [4.78, 5) is 38.9. The lowest BCUT2D eigenvalue weighted by atomic mass is 10.1. The van der Waals surface area contributed by atoms with Crippen molar-refractivity contribution in [1.29, 1.82) is 0 Å². The molecule has 1 aromatic heterocycles. The summed E-state index contributed by atoms with van der Waals surface area (Å²) >= 11 is 1.68. The van der Waals surface area contributed by atoms with E-state index >= 15 is 0 Å². The Labute approximate surface area is 177 Å². The van der Waals surface area contributed by atoms with Crippen molar-refractivity contribution in [2.24, 2.45) is 0 Å². The van der Waals surface area contributed by atoms with E-state index in [0.717, 1.165) is 24.9 Å². The quantitative estimate of drug-likeness (QED) is 0.479.